The van der Waals surface area contributed by atoms with Gasteiger partial charge in [0.25, 0.3) is 0 Å². The second kappa shape index (κ2) is 6.67. The number of para-hydroxylation sites is 1. The van der Waals surface area contributed by atoms with Crippen LogP contribution in [0, 0.1) is 0 Å². The summed E-state index contributed by atoms with van der Waals surface area (Å²) in [5.41, 5.74) is 2.34. The van der Waals surface area contributed by atoms with Crippen molar-refractivity contribution in [1.82, 2.24) is 5.32 Å². The van der Waals surface area contributed by atoms with Gasteiger partial charge in [-0.3, -0.25) is 0 Å². The first kappa shape index (κ1) is 14.1. The fourth-order valence-corrected chi connectivity index (χ4v) is 2.06. The van der Waals surface area contributed by atoms with Gasteiger partial charge < -0.3 is 9.73 Å². The first-order chi connectivity index (χ1) is 7.86. The molecule has 17 heavy (non-hydrogen) atoms. The van der Waals surface area contributed by atoms with Gasteiger partial charge in [0.05, 0.1) is 0 Å². The zero-order chi connectivity index (χ0) is 11.4. The lowest BCUT2D eigenvalue weighted by atomic mass is 10.1. The van der Waals surface area contributed by atoms with E-state index in [2.05, 4.69) is 24.4 Å². The predicted octanol–water partition coefficient (Wildman–Crippen LogP) is 3.92. The number of hydrogen-bond acceptors (Lipinski definition) is 2. The molecule has 2 nitrogen and oxygen atoms in total. The van der Waals surface area contributed by atoms with Crippen LogP contribution in [-0.2, 0) is 13.0 Å². The maximum absolute atomic E-state index is 5.91. The molecule has 1 aromatic carbocycles. The number of benzene rings is 1. The van der Waals surface area contributed by atoms with Crippen LogP contribution in [0.5, 0.6) is 0 Å². The number of aryl methyl sites for hydroxylation is 1. The Balaban J connectivity index is 0.00000144. The third-order valence-corrected chi connectivity index (χ3v) is 2.89. The van der Waals surface area contributed by atoms with Gasteiger partial charge in [-0.1, -0.05) is 31.5 Å². The van der Waals surface area contributed by atoms with Gasteiger partial charge in [-0.2, -0.15) is 0 Å². The van der Waals surface area contributed by atoms with Gasteiger partial charge in [0.2, 0.25) is 0 Å². The summed E-state index contributed by atoms with van der Waals surface area (Å²) in [6.07, 6.45) is 3.44. The van der Waals surface area contributed by atoms with Crippen molar-refractivity contribution in [2.24, 2.45) is 0 Å². The molecule has 1 N–H and O–H groups in total. The lowest BCUT2D eigenvalue weighted by Crippen LogP contribution is -2.06. The van der Waals surface area contributed by atoms with Crippen LogP contribution in [0.3, 0.4) is 0 Å². The molecule has 0 fully saturated rings. The van der Waals surface area contributed by atoms with Crippen LogP contribution in [0.2, 0.25) is 0 Å². The second-order valence-electron chi connectivity index (χ2n) is 4.13. The van der Waals surface area contributed by atoms with Crippen LogP contribution in [0.25, 0.3) is 11.0 Å². The van der Waals surface area contributed by atoms with E-state index in [1.807, 2.05) is 19.2 Å². The molecule has 0 unspecified atom stereocenters. The lowest BCUT2D eigenvalue weighted by molar-refractivity contribution is 0.527. The topological polar surface area (TPSA) is 25.2 Å². The Hall–Kier alpha value is -0.990. The maximum atomic E-state index is 5.91. The number of unbranched alkanes of at least 4 members (excludes halogenated alkanes) is 1. The van der Waals surface area contributed by atoms with Gasteiger partial charge in [-0.25, -0.2) is 0 Å². The summed E-state index contributed by atoms with van der Waals surface area (Å²) in [5.74, 6) is 1.15. The minimum atomic E-state index is 0. The van der Waals surface area contributed by atoms with Crippen molar-refractivity contribution in [2.75, 3.05) is 7.05 Å². The Morgan fingerprint density at radius 3 is 2.71 bits per heavy atom. The fraction of sp³-hybridized carbons (Fsp3) is 0.429. The van der Waals surface area contributed by atoms with Crippen molar-refractivity contribution in [2.45, 2.75) is 32.7 Å². The van der Waals surface area contributed by atoms with Gasteiger partial charge in [-0.05, 0) is 19.5 Å². The van der Waals surface area contributed by atoms with Crippen LogP contribution >= 0.6 is 12.4 Å². The maximum Gasteiger partial charge on any atom is 0.134 e. The first-order valence-electron chi connectivity index (χ1n) is 6.00. The van der Waals surface area contributed by atoms with E-state index in [1.165, 1.54) is 23.8 Å². The summed E-state index contributed by atoms with van der Waals surface area (Å²) in [7, 11) is 1.98. The number of fused-ring (bicyclic) bond motifs is 1. The normalized spacial score (nSPS) is 10.5. The number of nitrogens with one attached hydrogen (secondary N) is 1. The zero-order valence-corrected chi connectivity index (χ0v) is 11.3. The molecule has 0 amide bonds. The van der Waals surface area contributed by atoms with Crippen LogP contribution in [0.1, 0.15) is 31.1 Å². The molecule has 0 aliphatic rings. The van der Waals surface area contributed by atoms with Crippen LogP contribution in [-0.4, -0.2) is 7.05 Å². The van der Waals surface area contributed by atoms with Crippen LogP contribution < -0.4 is 5.32 Å². The van der Waals surface area contributed by atoms with E-state index >= 15 is 0 Å². The van der Waals surface area contributed by atoms with Crippen molar-refractivity contribution < 1.29 is 4.42 Å². The second-order valence-corrected chi connectivity index (χ2v) is 4.13. The van der Waals surface area contributed by atoms with E-state index in [0.717, 1.165) is 24.3 Å². The summed E-state index contributed by atoms with van der Waals surface area (Å²) in [6.45, 7) is 3.09. The molecule has 1 aromatic heterocycles. The Kier molecular flexibility index (Phi) is 5.52. The molecular formula is C14H20ClNO. The molecule has 0 aliphatic heterocycles. The van der Waals surface area contributed by atoms with Crippen molar-refractivity contribution in [3.8, 4) is 0 Å². The molecule has 0 bridgehead atoms. The third kappa shape index (κ3) is 3.02. The summed E-state index contributed by atoms with van der Waals surface area (Å²) >= 11 is 0. The SMILES string of the molecule is CCCCc1oc2ccccc2c1CNC.Cl. The minimum absolute atomic E-state index is 0. The number of hydrogen-bond donors (Lipinski definition) is 1. The summed E-state index contributed by atoms with van der Waals surface area (Å²) in [6, 6.07) is 8.28. The van der Waals surface area contributed by atoms with E-state index in [9.17, 15) is 0 Å². The Bertz CT molecular complexity index is 464. The first-order valence-corrected chi connectivity index (χ1v) is 6.00. The molecule has 94 valence electrons. The Morgan fingerprint density at radius 1 is 1.24 bits per heavy atom. The highest BCUT2D eigenvalue weighted by molar-refractivity contribution is 5.85. The van der Waals surface area contributed by atoms with Crippen molar-refractivity contribution in [3.05, 3.63) is 35.6 Å². The standard InChI is InChI=1S/C14H19NO.ClH/c1-3-4-8-14-12(10-15-2)11-7-5-6-9-13(11)16-14;/h5-7,9,15H,3-4,8,10H2,1-2H3;1H. The lowest BCUT2D eigenvalue weighted by Gasteiger charge is -2.01. The molecular weight excluding hydrogens is 234 g/mol. The molecule has 2 rings (SSSR count). The van der Waals surface area contributed by atoms with E-state index in [-0.39, 0.29) is 12.4 Å². The molecule has 0 saturated carbocycles. The van der Waals surface area contributed by atoms with Gasteiger partial charge in [-0.15, -0.1) is 12.4 Å². The quantitative estimate of drug-likeness (QED) is 0.874. The largest absolute Gasteiger partial charge is 0.461 e. The zero-order valence-electron chi connectivity index (χ0n) is 10.5. The third-order valence-electron chi connectivity index (χ3n) is 2.89. The highest BCUT2D eigenvalue weighted by Crippen LogP contribution is 2.26. The van der Waals surface area contributed by atoms with Gasteiger partial charge in [0, 0.05) is 23.9 Å². The summed E-state index contributed by atoms with van der Waals surface area (Å²) in [5, 5.41) is 4.47. The van der Waals surface area contributed by atoms with Crippen molar-refractivity contribution in [1.29, 1.82) is 0 Å². The number of halogens is 1. The van der Waals surface area contributed by atoms with Gasteiger partial charge in [0.1, 0.15) is 11.3 Å². The highest BCUT2D eigenvalue weighted by Gasteiger charge is 2.12. The molecule has 0 spiro atoms. The molecule has 0 aliphatic carbocycles. The Morgan fingerprint density at radius 2 is 2.00 bits per heavy atom. The molecule has 1 heterocycles. The van der Waals surface area contributed by atoms with Crippen molar-refractivity contribution in [3.63, 3.8) is 0 Å². The molecule has 0 saturated heterocycles. The number of rotatable bonds is 5. The minimum Gasteiger partial charge on any atom is -0.461 e. The van der Waals surface area contributed by atoms with Crippen LogP contribution in [0.15, 0.2) is 28.7 Å². The van der Waals surface area contributed by atoms with E-state index < -0.39 is 0 Å². The summed E-state index contributed by atoms with van der Waals surface area (Å²) < 4.78 is 5.91. The monoisotopic (exact) mass is 253 g/mol. The van der Waals surface area contributed by atoms with Crippen LogP contribution in [0.4, 0.5) is 0 Å². The molecule has 3 heteroatoms. The van der Waals surface area contributed by atoms with E-state index in [0.29, 0.717) is 0 Å². The van der Waals surface area contributed by atoms with Crippen molar-refractivity contribution >= 4 is 23.4 Å². The van der Waals surface area contributed by atoms with E-state index in [1.54, 1.807) is 0 Å². The number of furan rings is 1. The summed E-state index contributed by atoms with van der Waals surface area (Å²) in [4.78, 5) is 0. The van der Waals surface area contributed by atoms with Gasteiger partial charge >= 0.3 is 0 Å². The van der Waals surface area contributed by atoms with Gasteiger partial charge in [0.15, 0.2) is 0 Å². The smallest absolute Gasteiger partial charge is 0.134 e. The highest BCUT2D eigenvalue weighted by atomic mass is 35.5. The van der Waals surface area contributed by atoms with E-state index in [4.69, 9.17) is 4.42 Å². The average molecular weight is 254 g/mol. The average Bonchev–Trinajstić information content (AvgIpc) is 2.66. The fourth-order valence-electron chi connectivity index (χ4n) is 2.06. The molecule has 0 atom stereocenters. The Labute approximate surface area is 109 Å². The molecule has 0 radical (unpaired) electrons. The predicted molar refractivity (Wildman–Crippen MR) is 74.8 cm³/mol. The molecule has 2 aromatic rings.